The molecule has 0 unspecified atom stereocenters. The standard InChI is InChI=1S/C24H31ClO5/c1-13-9-18-17-6-5-15-10-16(27)7-8-23(15,4)24(17,25)20(29)11-22(18,3)21(13)19(28)12-30-14(2)26/h7-8,10,13,17-18,20-21,29H,5-6,9,11-12H2,1-4H3/t13-,17+,18+,20+,21-,22+,23+,24+/m1/s1. The molecule has 0 heterocycles. The minimum absolute atomic E-state index is 0.0260. The summed E-state index contributed by atoms with van der Waals surface area (Å²) in [6.07, 6.45) is 7.16. The summed E-state index contributed by atoms with van der Waals surface area (Å²) in [6, 6.07) is 0. The first-order chi connectivity index (χ1) is 13.9. The lowest BCUT2D eigenvalue weighted by Crippen LogP contribution is -2.66. The van der Waals surface area contributed by atoms with Crippen molar-refractivity contribution in [3.8, 4) is 0 Å². The number of ether oxygens (including phenoxy) is 1. The number of aliphatic hydroxyl groups is 1. The van der Waals surface area contributed by atoms with Gasteiger partial charge in [-0.05, 0) is 61.0 Å². The smallest absolute Gasteiger partial charge is 0.303 e. The van der Waals surface area contributed by atoms with Crippen molar-refractivity contribution in [1.82, 2.24) is 0 Å². The van der Waals surface area contributed by atoms with Gasteiger partial charge in [-0.15, -0.1) is 11.6 Å². The number of carbonyl (C=O) groups is 3. The van der Waals surface area contributed by atoms with Gasteiger partial charge < -0.3 is 9.84 Å². The van der Waals surface area contributed by atoms with Crippen molar-refractivity contribution in [2.75, 3.05) is 6.61 Å². The summed E-state index contributed by atoms with van der Waals surface area (Å²) in [5.74, 6) is -0.485. The molecule has 0 amide bonds. The lowest BCUT2D eigenvalue weighted by Gasteiger charge is -2.63. The number of Topliss-reactive ketones (excluding diaryl/α,β-unsaturated/α-hetero) is 1. The van der Waals surface area contributed by atoms with E-state index in [1.807, 2.05) is 13.0 Å². The van der Waals surface area contributed by atoms with Gasteiger partial charge in [-0.1, -0.05) is 32.4 Å². The van der Waals surface area contributed by atoms with Gasteiger partial charge in [0.1, 0.15) is 6.61 Å². The summed E-state index contributed by atoms with van der Waals surface area (Å²) >= 11 is 7.39. The Labute approximate surface area is 182 Å². The van der Waals surface area contributed by atoms with Crippen molar-refractivity contribution >= 4 is 29.1 Å². The Hall–Kier alpha value is -1.46. The van der Waals surface area contributed by atoms with Crippen LogP contribution in [0.25, 0.3) is 0 Å². The van der Waals surface area contributed by atoms with E-state index in [4.69, 9.17) is 16.3 Å². The molecular weight excluding hydrogens is 404 g/mol. The third-order valence-electron chi connectivity index (χ3n) is 8.75. The molecule has 3 saturated carbocycles. The van der Waals surface area contributed by atoms with E-state index in [0.717, 1.165) is 24.8 Å². The van der Waals surface area contributed by atoms with Crippen molar-refractivity contribution in [3.05, 3.63) is 23.8 Å². The highest BCUT2D eigenvalue weighted by molar-refractivity contribution is 6.26. The number of ketones is 2. The molecule has 4 aliphatic carbocycles. The van der Waals surface area contributed by atoms with Crippen LogP contribution in [0.1, 0.15) is 53.4 Å². The molecule has 164 valence electrons. The van der Waals surface area contributed by atoms with E-state index in [9.17, 15) is 19.5 Å². The number of rotatable bonds is 3. The average molecular weight is 435 g/mol. The third-order valence-corrected chi connectivity index (χ3v) is 9.67. The zero-order valence-electron chi connectivity index (χ0n) is 18.1. The quantitative estimate of drug-likeness (QED) is 0.542. The van der Waals surface area contributed by atoms with Crippen molar-refractivity contribution in [3.63, 3.8) is 0 Å². The monoisotopic (exact) mass is 434 g/mol. The molecule has 0 aromatic carbocycles. The van der Waals surface area contributed by atoms with Gasteiger partial charge >= 0.3 is 5.97 Å². The normalized spacial score (nSPS) is 47.1. The van der Waals surface area contributed by atoms with Crippen molar-refractivity contribution in [1.29, 1.82) is 0 Å². The van der Waals surface area contributed by atoms with Crippen LogP contribution in [0.2, 0.25) is 0 Å². The molecule has 0 spiro atoms. The fourth-order valence-electron chi connectivity index (χ4n) is 7.53. The summed E-state index contributed by atoms with van der Waals surface area (Å²) in [7, 11) is 0. The molecule has 5 nitrogen and oxygen atoms in total. The highest BCUT2D eigenvalue weighted by Gasteiger charge is 2.70. The Morgan fingerprint density at radius 2 is 2.00 bits per heavy atom. The first-order valence-corrected chi connectivity index (χ1v) is 11.3. The van der Waals surface area contributed by atoms with E-state index in [0.29, 0.717) is 6.42 Å². The lowest BCUT2D eigenvalue weighted by atomic mass is 9.46. The van der Waals surface area contributed by atoms with Crippen LogP contribution in [-0.4, -0.2) is 40.2 Å². The van der Waals surface area contributed by atoms with Crippen LogP contribution in [0.15, 0.2) is 23.8 Å². The molecule has 0 aromatic rings. The number of halogens is 1. The van der Waals surface area contributed by atoms with Crippen LogP contribution in [0.5, 0.6) is 0 Å². The van der Waals surface area contributed by atoms with E-state index in [-0.39, 0.29) is 41.8 Å². The Balaban J connectivity index is 1.71. The summed E-state index contributed by atoms with van der Waals surface area (Å²) in [6.45, 7) is 7.31. The maximum atomic E-state index is 13.0. The molecule has 6 heteroatoms. The van der Waals surface area contributed by atoms with Crippen LogP contribution in [0, 0.1) is 34.5 Å². The van der Waals surface area contributed by atoms with Crippen molar-refractivity contribution in [2.45, 2.75) is 64.4 Å². The molecule has 3 fully saturated rings. The summed E-state index contributed by atoms with van der Waals surface area (Å²) < 4.78 is 5.01. The number of aliphatic hydroxyl groups excluding tert-OH is 1. The number of fused-ring (bicyclic) bond motifs is 5. The summed E-state index contributed by atoms with van der Waals surface area (Å²) in [5, 5.41) is 11.5. The molecular formula is C24H31ClO5. The van der Waals surface area contributed by atoms with Gasteiger partial charge in [0.15, 0.2) is 11.6 Å². The van der Waals surface area contributed by atoms with Gasteiger partial charge in [0.25, 0.3) is 0 Å². The fourth-order valence-corrected chi connectivity index (χ4v) is 8.05. The van der Waals surface area contributed by atoms with E-state index in [2.05, 4.69) is 13.8 Å². The minimum atomic E-state index is -0.911. The summed E-state index contributed by atoms with van der Waals surface area (Å²) in [4.78, 5) is 35.3. The van der Waals surface area contributed by atoms with E-state index < -0.39 is 27.8 Å². The van der Waals surface area contributed by atoms with Gasteiger partial charge in [0.05, 0.1) is 11.0 Å². The predicted octanol–water partition coefficient (Wildman–Crippen LogP) is 3.62. The number of allylic oxidation sites excluding steroid dienone is 4. The Morgan fingerprint density at radius 3 is 2.67 bits per heavy atom. The zero-order chi connectivity index (χ0) is 22.1. The molecule has 4 aliphatic rings. The molecule has 30 heavy (non-hydrogen) atoms. The number of esters is 1. The first-order valence-electron chi connectivity index (χ1n) is 10.9. The van der Waals surface area contributed by atoms with Gasteiger partial charge in [-0.3, -0.25) is 14.4 Å². The Kier molecular flexibility index (Phi) is 5.10. The zero-order valence-corrected chi connectivity index (χ0v) is 18.9. The minimum Gasteiger partial charge on any atom is -0.458 e. The second kappa shape index (κ2) is 7.03. The van der Waals surface area contributed by atoms with E-state index >= 15 is 0 Å². The van der Waals surface area contributed by atoms with Crippen LogP contribution in [0.4, 0.5) is 0 Å². The maximum Gasteiger partial charge on any atom is 0.303 e. The number of hydrogen-bond acceptors (Lipinski definition) is 5. The molecule has 8 atom stereocenters. The predicted molar refractivity (Wildman–Crippen MR) is 113 cm³/mol. The molecule has 0 aromatic heterocycles. The number of hydrogen-bond donors (Lipinski definition) is 1. The molecule has 0 aliphatic heterocycles. The SMILES string of the molecule is CC(=O)OCC(=O)[C@H]1[C@H](C)C[C@H]2[C@@H]3CCC4=CC(=O)C=C[C@]4(C)[C@@]3(Cl)[C@@H](O)C[C@@]21C. The summed E-state index contributed by atoms with van der Waals surface area (Å²) in [5.41, 5.74) is 0.0116. The van der Waals surface area contributed by atoms with Gasteiger partial charge in [0, 0.05) is 18.3 Å². The molecule has 4 rings (SSSR count). The molecule has 0 bridgehead atoms. The maximum absolute atomic E-state index is 13.0. The fraction of sp³-hybridized carbons (Fsp3) is 0.708. The van der Waals surface area contributed by atoms with Crippen molar-refractivity contribution < 1.29 is 24.2 Å². The van der Waals surface area contributed by atoms with Gasteiger partial charge in [0.2, 0.25) is 0 Å². The topological polar surface area (TPSA) is 80.7 Å². The van der Waals surface area contributed by atoms with Gasteiger partial charge in [-0.2, -0.15) is 0 Å². The van der Waals surface area contributed by atoms with E-state index in [1.165, 1.54) is 6.92 Å². The molecule has 0 saturated heterocycles. The van der Waals surface area contributed by atoms with Crippen LogP contribution >= 0.6 is 11.6 Å². The third kappa shape index (κ3) is 2.81. The van der Waals surface area contributed by atoms with Gasteiger partial charge in [-0.25, -0.2) is 0 Å². The molecule has 1 N–H and O–H groups in total. The highest BCUT2D eigenvalue weighted by Crippen LogP contribution is 2.70. The largest absolute Gasteiger partial charge is 0.458 e. The highest BCUT2D eigenvalue weighted by atomic mass is 35.5. The Bertz CT molecular complexity index is 862. The molecule has 0 radical (unpaired) electrons. The number of alkyl halides is 1. The van der Waals surface area contributed by atoms with Crippen molar-refractivity contribution in [2.24, 2.45) is 34.5 Å². The van der Waals surface area contributed by atoms with Crippen LogP contribution < -0.4 is 0 Å². The average Bonchev–Trinajstić information content (AvgIpc) is 2.91. The number of carbonyl (C=O) groups excluding carboxylic acids is 3. The first kappa shape index (κ1) is 21.8. The second-order valence-corrected chi connectivity index (χ2v) is 10.9. The van der Waals surface area contributed by atoms with Crippen LogP contribution in [0.3, 0.4) is 0 Å². The Morgan fingerprint density at radius 1 is 1.30 bits per heavy atom. The second-order valence-electron chi connectivity index (χ2n) is 10.3. The lowest BCUT2D eigenvalue weighted by molar-refractivity contribution is -0.151. The van der Waals surface area contributed by atoms with Crippen LogP contribution in [-0.2, 0) is 19.1 Å². The van der Waals surface area contributed by atoms with E-state index in [1.54, 1.807) is 12.2 Å².